The standard InChI is InChI=1S/C19H28O2/c1-13-8-17(11-19(4,5)10-13)21-12-18(20)16-7-6-14(2)15(3)9-16/h6-7,9,13,17H,8,10-12H2,1-5H3. The Morgan fingerprint density at radius 1 is 1.24 bits per heavy atom. The van der Waals surface area contributed by atoms with Crippen molar-refractivity contribution in [3.63, 3.8) is 0 Å². The van der Waals surface area contributed by atoms with Gasteiger partial charge in [-0.05, 0) is 61.6 Å². The average molecular weight is 288 g/mol. The molecule has 0 saturated heterocycles. The summed E-state index contributed by atoms with van der Waals surface area (Å²) in [4.78, 5) is 12.3. The minimum atomic E-state index is 0.0918. The Bertz CT molecular complexity index is 516. The Labute approximate surface area is 128 Å². The van der Waals surface area contributed by atoms with Crippen LogP contribution in [0.1, 0.15) is 61.5 Å². The average Bonchev–Trinajstić information content (AvgIpc) is 2.37. The summed E-state index contributed by atoms with van der Waals surface area (Å²) < 4.78 is 5.93. The van der Waals surface area contributed by atoms with Crippen molar-refractivity contribution >= 4 is 5.78 Å². The van der Waals surface area contributed by atoms with Crippen molar-refractivity contribution in [3.05, 3.63) is 34.9 Å². The van der Waals surface area contributed by atoms with Gasteiger partial charge in [0, 0.05) is 5.56 Å². The molecule has 0 amide bonds. The third-order valence-corrected chi connectivity index (χ3v) is 4.63. The molecule has 0 aromatic heterocycles. The van der Waals surface area contributed by atoms with Crippen molar-refractivity contribution in [2.45, 2.75) is 60.0 Å². The molecule has 1 aliphatic rings. The first kappa shape index (κ1) is 16.2. The largest absolute Gasteiger partial charge is 0.370 e. The summed E-state index contributed by atoms with van der Waals surface area (Å²) in [6.45, 7) is 11.2. The van der Waals surface area contributed by atoms with Crippen LogP contribution in [-0.4, -0.2) is 18.5 Å². The fraction of sp³-hybridized carbons (Fsp3) is 0.632. The lowest BCUT2D eigenvalue weighted by Crippen LogP contribution is -2.33. The van der Waals surface area contributed by atoms with Crippen LogP contribution in [0.25, 0.3) is 0 Å². The van der Waals surface area contributed by atoms with Crippen LogP contribution in [0.15, 0.2) is 18.2 Å². The summed E-state index contributed by atoms with van der Waals surface area (Å²) in [5.74, 6) is 0.768. The van der Waals surface area contributed by atoms with Crippen LogP contribution < -0.4 is 0 Å². The van der Waals surface area contributed by atoms with E-state index in [-0.39, 0.29) is 18.5 Å². The van der Waals surface area contributed by atoms with E-state index in [0.29, 0.717) is 11.3 Å². The Hall–Kier alpha value is -1.15. The van der Waals surface area contributed by atoms with Gasteiger partial charge in [-0.1, -0.05) is 32.9 Å². The summed E-state index contributed by atoms with van der Waals surface area (Å²) >= 11 is 0. The van der Waals surface area contributed by atoms with E-state index in [9.17, 15) is 4.79 Å². The summed E-state index contributed by atoms with van der Waals surface area (Å²) in [7, 11) is 0. The molecular weight excluding hydrogens is 260 g/mol. The quantitative estimate of drug-likeness (QED) is 0.749. The molecular formula is C19H28O2. The van der Waals surface area contributed by atoms with Gasteiger partial charge >= 0.3 is 0 Å². The van der Waals surface area contributed by atoms with Gasteiger partial charge in [-0.2, -0.15) is 0 Å². The van der Waals surface area contributed by atoms with E-state index < -0.39 is 0 Å². The zero-order valence-electron chi connectivity index (χ0n) is 14.0. The molecule has 2 heteroatoms. The second kappa shape index (κ2) is 6.31. The van der Waals surface area contributed by atoms with Gasteiger partial charge in [-0.15, -0.1) is 0 Å². The zero-order valence-corrected chi connectivity index (χ0v) is 14.0. The van der Waals surface area contributed by atoms with Gasteiger partial charge in [-0.3, -0.25) is 4.79 Å². The lowest BCUT2D eigenvalue weighted by molar-refractivity contribution is -0.0167. The lowest BCUT2D eigenvalue weighted by atomic mass is 9.71. The molecule has 1 aliphatic carbocycles. The summed E-state index contributed by atoms with van der Waals surface area (Å²) in [5, 5.41) is 0. The number of rotatable bonds is 4. The second-order valence-corrected chi connectivity index (χ2v) is 7.57. The molecule has 2 atom stereocenters. The minimum Gasteiger partial charge on any atom is -0.370 e. The molecule has 0 spiro atoms. The fourth-order valence-electron chi connectivity index (χ4n) is 3.58. The molecule has 0 radical (unpaired) electrons. The van der Waals surface area contributed by atoms with Crippen molar-refractivity contribution in [2.75, 3.05) is 6.61 Å². The first-order valence-electron chi connectivity index (χ1n) is 7.99. The fourth-order valence-corrected chi connectivity index (χ4v) is 3.58. The van der Waals surface area contributed by atoms with Crippen molar-refractivity contribution in [3.8, 4) is 0 Å². The number of benzene rings is 1. The number of carbonyl (C=O) groups is 1. The highest BCUT2D eigenvalue weighted by Crippen LogP contribution is 2.39. The first-order valence-corrected chi connectivity index (χ1v) is 7.99. The SMILES string of the molecule is Cc1ccc(C(=O)COC2CC(C)CC(C)(C)C2)cc1C. The van der Waals surface area contributed by atoms with Gasteiger partial charge in [0.25, 0.3) is 0 Å². The van der Waals surface area contributed by atoms with E-state index in [1.165, 1.54) is 12.0 Å². The Morgan fingerprint density at radius 2 is 1.95 bits per heavy atom. The second-order valence-electron chi connectivity index (χ2n) is 7.57. The normalized spacial score (nSPS) is 24.8. The molecule has 0 aliphatic heterocycles. The summed E-state index contributed by atoms with van der Waals surface area (Å²) in [5.41, 5.74) is 3.47. The maximum Gasteiger partial charge on any atom is 0.188 e. The molecule has 0 N–H and O–H groups in total. The molecule has 2 rings (SSSR count). The van der Waals surface area contributed by atoms with E-state index in [4.69, 9.17) is 4.74 Å². The van der Waals surface area contributed by atoms with Gasteiger partial charge in [0.15, 0.2) is 5.78 Å². The number of ether oxygens (including phenoxy) is 1. The minimum absolute atomic E-state index is 0.0918. The molecule has 1 fully saturated rings. The molecule has 1 aromatic carbocycles. The van der Waals surface area contributed by atoms with Gasteiger partial charge in [0.05, 0.1) is 6.10 Å². The number of ketones is 1. The predicted molar refractivity (Wildman–Crippen MR) is 86.8 cm³/mol. The topological polar surface area (TPSA) is 26.3 Å². The van der Waals surface area contributed by atoms with E-state index in [1.54, 1.807) is 0 Å². The van der Waals surface area contributed by atoms with Gasteiger partial charge in [0.1, 0.15) is 6.61 Å². The third kappa shape index (κ3) is 4.41. The van der Waals surface area contributed by atoms with Crippen molar-refractivity contribution in [2.24, 2.45) is 11.3 Å². The Balaban J connectivity index is 1.93. The molecule has 1 saturated carbocycles. The molecule has 116 valence electrons. The number of aryl methyl sites for hydroxylation is 2. The van der Waals surface area contributed by atoms with Crippen LogP contribution in [-0.2, 0) is 4.74 Å². The summed E-state index contributed by atoms with van der Waals surface area (Å²) in [6, 6.07) is 5.88. The van der Waals surface area contributed by atoms with Crippen LogP contribution in [0, 0.1) is 25.2 Å². The predicted octanol–water partition coefficient (Wildman–Crippen LogP) is 4.72. The van der Waals surface area contributed by atoms with Gasteiger partial charge in [0.2, 0.25) is 0 Å². The van der Waals surface area contributed by atoms with Crippen LogP contribution in [0.5, 0.6) is 0 Å². The highest BCUT2D eigenvalue weighted by molar-refractivity contribution is 5.97. The maximum absolute atomic E-state index is 12.3. The molecule has 21 heavy (non-hydrogen) atoms. The number of carbonyl (C=O) groups excluding carboxylic acids is 1. The van der Waals surface area contributed by atoms with Crippen LogP contribution >= 0.6 is 0 Å². The monoisotopic (exact) mass is 288 g/mol. The molecule has 0 bridgehead atoms. The van der Waals surface area contributed by atoms with E-state index >= 15 is 0 Å². The van der Waals surface area contributed by atoms with Gasteiger partial charge < -0.3 is 4.74 Å². The Morgan fingerprint density at radius 3 is 2.57 bits per heavy atom. The number of hydrogen-bond acceptors (Lipinski definition) is 2. The van der Waals surface area contributed by atoms with E-state index in [0.717, 1.165) is 24.0 Å². The maximum atomic E-state index is 12.3. The van der Waals surface area contributed by atoms with Crippen LogP contribution in [0.2, 0.25) is 0 Å². The molecule has 0 heterocycles. The van der Waals surface area contributed by atoms with E-state index in [2.05, 4.69) is 27.7 Å². The van der Waals surface area contributed by atoms with Gasteiger partial charge in [-0.25, -0.2) is 0 Å². The Kier molecular flexibility index (Phi) is 4.88. The third-order valence-electron chi connectivity index (χ3n) is 4.63. The number of hydrogen-bond donors (Lipinski definition) is 0. The summed E-state index contributed by atoms with van der Waals surface area (Å²) in [6.07, 6.45) is 3.60. The number of Topliss-reactive ketones (excluding diaryl/α,β-unsaturated/α-hetero) is 1. The lowest BCUT2D eigenvalue weighted by Gasteiger charge is -2.38. The zero-order chi connectivity index (χ0) is 15.6. The smallest absolute Gasteiger partial charge is 0.188 e. The molecule has 1 aromatic rings. The van der Waals surface area contributed by atoms with Crippen LogP contribution in [0.3, 0.4) is 0 Å². The first-order chi connectivity index (χ1) is 9.77. The highest BCUT2D eigenvalue weighted by Gasteiger charge is 2.32. The van der Waals surface area contributed by atoms with E-state index in [1.807, 2.05) is 25.1 Å². The van der Waals surface area contributed by atoms with Crippen molar-refractivity contribution in [1.29, 1.82) is 0 Å². The molecule has 2 unspecified atom stereocenters. The van der Waals surface area contributed by atoms with Crippen molar-refractivity contribution in [1.82, 2.24) is 0 Å². The highest BCUT2D eigenvalue weighted by atomic mass is 16.5. The molecule has 2 nitrogen and oxygen atoms in total. The van der Waals surface area contributed by atoms with Crippen LogP contribution in [0.4, 0.5) is 0 Å². The van der Waals surface area contributed by atoms with Crippen molar-refractivity contribution < 1.29 is 9.53 Å².